The van der Waals surface area contributed by atoms with E-state index < -0.39 is 0 Å². The molecule has 0 aromatic carbocycles. The Labute approximate surface area is 90.0 Å². The van der Waals surface area contributed by atoms with Gasteiger partial charge in [-0.3, -0.25) is 4.98 Å². The molecule has 2 aromatic heterocycles. The lowest BCUT2D eigenvalue weighted by atomic mass is 10.4. The van der Waals surface area contributed by atoms with Gasteiger partial charge in [-0.25, -0.2) is 4.39 Å². The van der Waals surface area contributed by atoms with Crippen molar-refractivity contribution in [1.29, 1.82) is 0 Å². The Hall–Kier alpha value is -1.40. The van der Waals surface area contributed by atoms with Crippen LogP contribution in [0.1, 0.15) is 5.01 Å². The van der Waals surface area contributed by atoms with Crippen LogP contribution < -0.4 is 5.73 Å². The van der Waals surface area contributed by atoms with Crippen molar-refractivity contribution in [1.82, 2.24) is 15.2 Å². The van der Waals surface area contributed by atoms with Crippen LogP contribution in [-0.4, -0.2) is 21.7 Å². The van der Waals surface area contributed by atoms with E-state index in [1.807, 2.05) is 0 Å². The first-order valence-corrected chi connectivity index (χ1v) is 5.25. The Morgan fingerprint density at radius 3 is 2.87 bits per heavy atom. The van der Waals surface area contributed by atoms with Crippen LogP contribution in [-0.2, 0) is 6.42 Å². The van der Waals surface area contributed by atoms with E-state index in [0.717, 1.165) is 5.01 Å². The highest BCUT2D eigenvalue weighted by atomic mass is 32.1. The summed E-state index contributed by atoms with van der Waals surface area (Å²) in [5.41, 5.74) is 6.04. The summed E-state index contributed by atoms with van der Waals surface area (Å²) in [7, 11) is 0. The molecule has 0 fully saturated rings. The Balaban J connectivity index is 2.25. The van der Waals surface area contributed by atoms with Gasteiger partial charge in [-0.15, -0.1) is 10.2 Å². The Morgan fingerprint density at radius 2 is 2.20 bits per heavy atom. The van der Waals surface area contributed by atoms with Crippen molar-refractivity contribution in [2.75, 3.05) is 6.54 Å². The summed E-state index contributed by atoms with van der Waals surface area (Å²) in [6, 6.07) is 2.94. The van der Waals surface area contributed by atoms with Crippen LogP contribution in [0.15, 0.2) is 18.3 Å². The quantitative estimate of drug-likeness (QED) is 0.852. The molecule has 2 rings (SSSR count). The van der Waals surface area contributed by atoms with Gasteiger partial charge in [0, 0.05) is 6.42 Å². The zero-order chi connectivity index (χ0) is 10.7. The Kier molecular flexibility index (Phi) is 2.98. The fourth-order valence-electron chi connectivity index (χ4n) is 1.08. The molecular formula is C9H9FN4S. The summed E-state index contributed by atoms with van der Waals surface area (Å²) >= 11 is 1.43. The number of nitrogens with zero attached hydrogens (tertiary/aromatic N) is 3. The molecule has 0 saturated heterocycles. The first-order valence-electron chi connectivity index (χ1n) is 4.44. The molecule has 2 N–H and O–H groups in total. The van der Waals surface area contributed by atoms with Crippen molar-refractivity contribution in [3.63, 3.8) is 0 Å². The van der Waals surface area contributed by atoms with Crippen LogP contribution in [0.4, 0.5) is 4.39 Å². The number of halogens is 1. The molecule has 0 aliphatic rings. The molecular weight excluding hydrogens is 215 g/mol. The third-order valence-electron chi connectivity index (χ3n) is 1.77. The standard InChI is InChI=1S/C9H9FN4S/c10-6-1-2-7(12-5-6)9-14-13-8(15-9)3-4-11/h1-2,5H,3-4,11H2. The molecule has 0 bridgehead atoms. The zero-order valence-corrected chi connectivity index (χ0v) is 8.67. The molecule has 0 atom stereocenters. The molecule has 2 aromatic rings. The van der Waals surface area contributed by atoms with Crippen molar-refractivity contribution < 1.29 is 4.39 Å². The molecule has 0 amide bonds. The lowest BCUT2D eigenvalue weighted by Gasteiger charge is -1.92. The average Bonchev–Trinajstić information content (AvgIpc) is 2.68. The predicted octanol–water partition coefficient (Wildman–Crippen LogP) is 1.24. The number of hydrogen-bond acceptors (Lipinski definition) is 5. The number of rotatable bonds is 3. The molecule has 15 heavy (non-hydrogen) atoms. The third-order valence-corrected chi connectivity index (χ3v) is 2.78. The average molecular weight is 224 g/mol. The van der Waals surface area contributed by atoms with E-state index in [-0.39, 0.29) is 5.82 Å². The maximum absolute atomic E-state index is 12.6. The van der Waals surface area contributed by atoms with E-state index in [1.165, 1.54) is 23.6 Å². The second-order valence-electron chi connectivity index (χ2n) is 2.90. The van der Waals surface area contributed by atoms with Gasteiger partial charge in [0.1, 0.15) is 16.5 Å². The molecule has 2 heterocycles. The van der Waals surface area contributed by atoms with E-state index in [1.54, 1.807) is 6.07 Å². The van der Waals surface area contributed by atoms with E-state index >= 15 is 0 Å². The molecule has 0 saturated carbocycles. The van der Waals surface area contributed by atoms with Crippen molar-refractivity contribution >= 4 is 11.3 Å². The van der Waals surface area contributed by atoms with Crippen LogP contribution in [0.25, 0.3) is 10.7 Å². The van der Waals surface area contributed by atoms with Gasteiger partial charge in [-0.2, -0.15) is 0 Å². The van der Waals surface area contributed by atoms with Gasteiger partial charge in [-0.05, 0) is 18.7 Å². The first kappa shape index (κ1) is 10.1. The lowest BCUT2D eigenvalue weighted by molar-refractivity contribution is 0.622. The normalized spacial score (nSPS) is 10.5. The summed E-state index contributed by atoms with van der Waals surface area (Å²) in [6.45, 7) is 0.547. The van der Waals surface area contributed by atoms with Gasteiger partial charge in [0.2, 0.25) is 0 Å². The maximum atomic E-state index is 12.6. The van der Waals surface area contributed by atoms with E-state index in [0.29, 0.717) is 23.7 Å². The topological polar surface area (TPSA) is 64.7 Å². The maximum Gasteiger partial charge on any atom is 0.166 e. The largest absolute Gasteiger partial charge is 0.330 e. The molecule has 0 aliphatic heterocycles. The number of hydrogen-bond donors (Lipinski definition) is 1. The Morgan fingerprint density at radius 1 is 1.33 bits per heavy atom. The van der Waals surface area contributed by atoms with Crippen molar-refractivity contribution in [3.05, 3.63) is 29.2 Å². The van der Waals surface area contributed by atoms with Crippen molar-refractivity contribution in [2.45, 2.75) is 6.42 Å². The zero-order valence-electron chi connectivity index (χ0n) is 7.85. The van der Waals surface area contributed by atoms with Crippen LogP contribution in [0.2, 0.25) is 0 Å². The highest BCUT2D eigenvalue weighted by molar-refractivity contribution is 7.14. The smallest absolute Gasteiger partial charge is 0.166 e. The molecule has 0 aliphatic carbocycles. The monoisotopic (exact) mass is 224 g/mol. The first-order chi connectivity index (χ1) is 7.29. The number of aromatic nitrogens is 3. The molecule has 0 spiro atoms. The highest BCUT2D eigenvalue weighted by Crippen LogP contribution is 2.21. The summed E-state index contributed by atoms with van der Waals surface area (Å²) in [5.74, 6) is -0.356. The molecule has 0 unspecified atom stereocenters. The minimum Gasteiger partial charge on any atom is -0.330 e. The SMILES string of the molecule is NCCc1nnc(-c2ccc(F)cn2)s1. The number of nitrogens with two attached hydrogens (primary N) is 1. The van der Waals surface area contributed by atoms with Crippen LogP contribution >= 0.6 is 11.3 Å². The van der Waals surface area contributed by atoms with Gasteiger partial charge in [0.15, 0.2) is 5.01 Å². The van der Waals surface area contributed by atoms with Crippen LogP contribution in [0.3, 0.4) is 0 Å². The van der Waals surface area contributed by atoms with Gasteiger partial charge in [-0.1, -0.05) is 11.3 Å². The van der Waals surface area contributed by atoms with Crippen molar-refractivity contribution in [3.8, 4) is 10.7 Å². The predicted molar refractivity (Wildman–Crippen MR) is 55.9 cm³/mol. The second kappa shape index (κ2) is 4.41. The summed E-state index contributed by atoms with van der Waals surface area (Å²) in [5, 5.41) is 9.49. The minimum atomic E-state index is -0.356. The fourth-order valence-corrected chi connectivity index (χ4v) is 1.92. The molecule has 4 nitrogen and oxygen atoms in total. The lowest BCUT2D eigenvalue weighted by Crippen LogP contribution is -2.01. The highest BCUT2D eigenvalue weighted by Gasteiger charge is 2.06. The van der Waals surface area contributed by atoms with Gasteiger partial charge in [0.25, 0.3) is 0 Å². The van der Waals surface area contributed by atoms with E-state index in [9.17, 15) is 4.39 Å². The van der Waals surface area contributed by atoms with E-state index in [4.69, 9.17) is 5.73 Å². The molecule has 0 radical (unpaired) electrons. The minimum absolute atomic E-state index is 0.356. The van der Waals surface area contributed by atoms with Crippen LogP contribution in [0.5, 0.6) is 0 Å². The summed E-state index contributed by atoms with van der Waals surface area (Å²) < 4.78 is 12.6. The van der Waals surface area contributed by atoms with Gasteiger partial charge in [0.05, 0.1) is 6.20 Å². The van der Waals surface area contributed by atoms with E-state index in [2.05, 4.69) is 15.2 Å². The molecule has 6 heteroatoms. The summed E-state index contributed by atoms with van der Waals surface area (Å²) in [6.07, 6.45) is 1.87. The fraction of sp³-hybridized carbons (Fsp3) is 0.222. The van der Waals surface area contributed by atoms with Gasteiger partial charge >= 0.3 is 0 Å². The second-order valence-corrected chi connectivity index (χ2v) is 3.96. The number of pyridine rings is 1. The summed E-state index contributed by atoms with van der Waals surface area (Å²) in [4.78, 5) is 3.92. The third kappa shape index (κ3) is 2.34. The Bertz CT molecular complexity index is 440. The van der Waals surface area contributed by atoms with Crippen molar-refractivity contribution in [2.24, 2.45) is 5.73 Å². The molecule has 78 valence electrons. The van der Waals surface area contributed by atoms with Crippen LogP contribution in [0, 0.1) is 5.82 Å². The van der Waals surface area contributed by atoms with Gasteiger partial charge < -0.3 is 5.73 Å².